The van der Waals surface area contributed by atoms with E-state index in [2.05, 4.69) is 10.3 Å². The van der Waals surface area contributed by atoms with Crippen LogP contribution in [0, 0.1) is 6.92 Å². The fourth-order valence-corrected chi connectivity index (χ4v) is 2.51. The Morgan fingerprint density at radius 1 is 1.22 bits per heavy atom. The fourth-order valence-electron chi connectivity index (χ4n) is 2.51. The Balaban J connectivity index is 2.22. The molecule has 0 aliphatic heterocycles. The van der Waals surface area contributed by atoms with E-state index < -0.39 is 5.97 Å². The summed E-state index contributed by atoms with van der Waals surface area (Å²) in [5.41, 5.74) is 10.1. The van der Waals surface area contributed by atoms with Crippen LogP contribution >= 0.6 is 0 Å². The first-order valence-electron chi connectivity index (χ1n) is 7.16. The Morgan fingerprint density at radius 2 is 2.00 bits per heavy atom. The van der Waals surface area contributed by atoms with Gasteiger partial charge < -0.3 is 10.8 Å². The zero-order valence-electron chi connectivity index (χ0n) is 12.6. The normalized spacial score (nSPS) is 10.7. The topological polar surface area (TPSA) is 94.0 Å². The third kappa shape index (κ3) is 2.72. The first kappa shape index (κ1) is 14.9. The molecule has 3 N–H and O–H groups in total. The molecule has 116 valence electrons. The van der Waals surface area contributed by atoms with E-state index in [0.29, 0.717) is 11.4 Å². The zero-order valence-corrected chi connectivity index (χ0v) is 12.6. The number of aryl methyl sites for hydroxylation is 1. The Bertz CT molecular complexity index is 871. The van der Waals surface area contributed by atoms with Gasteiger partial charge in [0.05, 0.1) is 16.9 Å². The number of nitrogens with zero attached hydrogens (tertiary/aromatic N) is 3. The summed E-state index contributed by atoms with van der Waals surface area (Å²) in [5.74, 6) is -0.983. The van der Waals surface area contributed by atoms with Gasteiger partial charge in [-0.15, -0.1) is 5.10 Å². The van der Waals surface area contributed by atoms with Crippen LogP contribution in [0.1, 0.15) is 21.6 Å². The summed E-state index contributed by atoms with van der Waals surface area (Å²) in [6.07, 6.45) is 0. The second kappa shape index (κ2) is 6.02. The number of hydrogen-bond acceptors (Lipinski definition) is 4. The number of carboxylic acids is 1. The number of rotatable bonds is 4. The van der Waals surface area contributed by atoms with E-state index in [4.69, 9.17) is 5.73 Å². The van der Waals surface area contributed by atoms with Crippen LogP contribution in [0.15, 0.2) is 48.5 Å². The molecule has 23 heavy (non-hydrogen) atoms. The molecule has 0 aliphatic carbocycles. The van der Waals surface area contributed by atoms with Gasteiger partial charge in [-0.2, -0.15) is 0 Å². The van der Waals surface area contributed by atoms with Gasteiger partial charge in [-0.3, -0.25) is 0 Å². The highest BCUT2D eigenvalue weighted by molar-refractivity contribution is 5.88. The van der Waals surface area contributed by atoms with Gasteiger partial charge in [0, 0.05) is 12.1 Å². The highest BCUT2D eigenvalue weighted by atomic mass is 16.4. The van der Waals surface area contributed by atoms with Crippen molar-refractivity contribution in [2.75, 3.05) is 0 Å². The van der Waals surface area contributed by atoms with Crippen molar-refractivity contribution in [2.45, 2.75) is 13.5 Å². The minimum absolute atomic E-state index is 0.197. The molecule has 1 heterocycles. The first-order valence-corrected chi connectivity index (χ1v) is 7.16. The molecule has 3 aromatic rings. The number of nitrogens with two attached hydrogens (primary N) is 1. The molecule has 0 fully saturated rings. The van der Waals surface area contributed by atoms with E-state index in [9.17, 15) is 9.90 Å². The van der Waals surface area contributed by atoms with Gasteiger partial charge in [0.25, 0.3) is 0 Å². The quantitative estimate of drug-likeness (QED) is 0.772. The monoisotopic (exact) mass is 308 g/mol. The maximum atomic E-state index is 11.2. The van der Waals surface area contributed by atoms with E-state index in [1.807, 2.05) is 31.2 Å². The lowest BCUT2D eigenvalue weighted by Crippen LogP contribution is -2.05. The largest absolute Gasteiger partial charge is 0.478 e. The minimum Gasteiger partial charge on any atom is -0.478 e. The molecule has 0 bridgehead atoms. The molecule has 0 amide bonds. The van der Waals surface area contributed by atoms with Crippen molar-refractivity contribution in [2.24, 2.45) is 5.73 Å². The van der Waals surface area contributed by atoms with Crippen molar-refractivity contribution in [3.05, 3.63) is 65.4 Å². The van der Waals surface area contributed by atoms with Crippen LogP contribution < -0.4 is 5.73 Å². The average molecular weight is 308 g/mol. The lowest BCUT2D eigenvalue weighted by molar-refractivity contribution is 0.0697. The number of carbonyl (C=O) groups is 1. The van der Waals surface area contributed by atoms with Gasteiger partial charge in [0.15, 0.2) is 0 Å². The Labute approximate surface area is 133 Å². The van der Waals surface area contributed by atoms with Gasteiger partial charge in [0.2, 0.25) is 0 Å². The predicted molar refractivity (Wildman–Crippen MR) is 86.4 cm³/mol. The maximum absolute atomic E-state index is 11.2. The lowest BCUT2D eigenvalue weighted by Gasteiger charge is -2.10. The van der Waals surface area contributed by atoms with E-state index in [0.717, 1.165) is 16.8 Å². The highest BCUT2D eigenvalue weighted by Crippen LogP contribution is 2.28. The van der Waals surface area contributed by atoms with Crippen LogP contribution in [-0.4, -0.2) is 26.1 Å². The van der Waals surface area contributed by atoms with Gasteiger partial charge in [-0.1, -0.05) is 35.5 Å². The highest BCUT2D eigenvalue weighted by Gasteiger charge is 2.17. The van der Waals surface area contributed by atoms with Gasteiger partial charge >= 0.3 is 5.97 Å². The summed E-state index contributed by atoms with van der Waals surface area (Å²) in [6.45, 7) is 2.25. The summed E-state index contributed by atoms with van der Waals surface area (Å²) in [6, 6.07) is 14.5. The molecule has 0 radical (unpaired) electrons. The molecule has 0 atom stereocenters. The lowest BCUT2D eigenvalue weighted by atomic mass is 10.0. The number of benzene rings is 2. The second-order valence-electron chi connectivity index (χ2n) is 5.17. The molecule has 0 saturated heterocycles. The van der Waals surface area contributed by atoms with Crippen LogP contribution in [0.25, 0.3) is 16.9 Å². The first-order chi connectivity index (χ1) is 11.1. The molecular formula is C17H16N4O2. The Hall–Kier alpha value is -2.99. The van der Waals surface area contributed by atoms with Crippen LogP contribution in [-0.2, 0) is 6.54 Å². The Kier molecular flexibility index (Phi) is 3.91. The van der Waals surface area contributed by atoms with Gasteiger partial charge in [-0.05, 0) is 30.7 Å². The van der Waals surface area contributed by atoms with Crippen molar-refractivity contribution in [3.8, 4) is 16.9 Å². The summed E-state index contributed by atoms with van der Waals surface area (Å²) < 4.78 is 1.64. The van der Waals surface area contributed by atoms with Crippen LogP contribution in [0.4, 0.5) is 0 Å². The SMILES string of the molecule is Cc1ccccc1-c1c(CN)nnn1-c1cccc(C(=O)O)c1. The minimum atomic E-state index is -0.983. The van der Waals surface area contributed by atoms with E-state index >= 15 is 0 Å². The molecule has 3 rings (SSSR count). The number of hydrogen-bond donors (Lipinski definition) is 2. The third-order valence-electron chi connectivity index (χ3n) is 3.67. The van der Waals surface area contributed by atoms with E-state index in [-0.39, 0.29) is 12.1 Å². The van der Waals surface area contributed by atoms with Crippen LogP contribution in [0.3, 0.4) is 0 Å². The molecule has 1 aromatic heterocycles. The van der Waals surface area contributed by atoms with Crippen molar-refractivity contribution in [1.29, 1.82) is 0 Å². The van der Waals surface area contributed by atoms with E-state index in [1.165, 1.54) is 0 Å². The molecule has 2 aromatic carbocycles. The van der Waals surface area contributed by atoms with E-state index in [1.54, 1.807) is 28.9 Å². The molecular weight excluding hydrogens is 292 g/mol. The molecule has 0 aliphatic rings. The number of aromatic carboxylic acids is 1. The standard InChI is InChI=1S/C17H16N4O2/c1-11-5-2-3-8-14(11)16-15(10-18)19-20-21(16)13-7-4-6-12(9-13)17(22)23/h2-9H,10,18H2,1H3,(H,22,23). The van der Waals surface area contributed by atoms with Gasteiger partial charge in [-0.25, -0.2) is 9.48 Å². The summed E-state index contributed by atoms with van der Waals surface area (Å²) in [7, 11) is 0. The molecule has 0 saturated carbocycles. The summed E-state index contributed by atoms with van der Waals surface area (Å²) >= 11 is 0. The summed E-state index contributed by atoms with van der Waals surface area (Å²) in [5, 5.41) is 17.5. The van der Waals surface area contributed by atoms with Crippen molar-refractivity contribution >= 4 is 5.97 Å². The third-order valence-corrected chi connectivity index (χ3v) is 3.67. The molecule has 6 nitrogen and oxygen atoms in total. The zero-order chi connectivity index (χ0) is 16.4. The molecule has 0 unspecified atom stereocenters. The van der Waals surface area contributed by atoms with Crippen molar-refractivity contribution in [3.63, 3.8) is 0 Å². The predicted octanol–water partition coefficient (Wildman–Crippen LogP) is 2.40. The molecule has 6 heteroatoms. The fraction of sp³-hybridized carbons (Fsp3) is 0.118. The second-order valence-corrected chi connectivity index (χ2v) is 5.17. The van der Waals surface area contributed by atoms with Crippen molar-refractivity contribution in [1.82, 2.24) is 15.0 Å². The van der Waals surface area contributed by atoms with Crippen LogP contribution in [0.5, 0.6) is 0 Å². The van der Waals surface area contributed by atoms with Crippen LogP contribution in [0.2, 0.25) is 0 Å². The van der Waals surface area contributed by atoms with Crippen molar-refractivity contribution < 1.29 is 9.90 Å². The smallest absolute Gasteiger partial charge is 0.335 e. The average Bonchev–Trinajstić information content (AvgIpc) is 2.99. The number of carboxylic acid groups (broad SMARTS) is 1. The Morgan fingerprint density at radius 3 is 2.70 bits per heavy atom. The maximum Gasteiger partial charge on any atom is 0.335 e. The summed E-state index contributed by atoms with van der Waals surface area (Å²) in [4.78, 5) is 11.2. The number of aromatic nitrogens is 3. The molecule has 0 spiro atoms. The van der Waals surface area contributed by atoms with Gasteiger partial charge in [0.1, 0.15) is 5.69 Å².